The smallest absolute Gasteiger partial charge is 0.196 e. The molecule has 0 aliphatic carbocycles. The normalized spacial score (nSPS) is 14.3. The monoisotopic (exact) mass is 361 g/mol. The predicted molar refractivity (Wildman–Crippen MR) is 87.9 cm³/mol. The summed E-state index contributed by atoms with van der Waals surface area (Å²) in [6.07, 6.45) is 0.122. The fourth-order valence-corrected chi connectivity index (χ4v) is 2.54. The molecule has 1 aliphatic rings. The number of hydrogen-bond acceptors (Lipinski definition) is 4. The Balaban J connectivity index is 1.89. The third-order valence-corrected chi connectivity index (χ3v) is 4.07. The zero-order valence-electron chi connectivity index (χ0n) is 12.1. The summed E-state index contributed by atoms with van der Waals surface area (Å²) in [6, 6.07) is 12.6. The van der Waals surface area contributed by atoms with Crippen molar-refractivity contribution in [2.45, 2.75) is 6.10 Å². The summed E-state index contributed by atoms with van der Waals surface area (Å²) in [5.41, 5.74) is 1.18. The van der Waals surface area contributed by atoms with Gasteiger partial charge in [0.1, 0.15) is 17.6 Å². The molecule has 0 atom stereocenters. The minimum atomic E-state index is -0.0579. The second-order valence-corrected chi connectivity index (χ2v) is 6.01. The van der Waals surface area contributed by atoms with Gasteiger partial charge in [-0.1, -0.05) is 15.9 Å². The van der Waals surface area contributed by atoms with Crippen LogP contribution < -0.4 is 14.8 Å². The maximum atomic E-state index is 12.7. The molecule has 3 rings (SSSR count). The summed E-state index contributed by atoms with van der Waals surface area (Å²) in [6.45, 7) is 1.62. The van der Waals surface area contributed by atoms with Crippen LogP contribution in [-0.2, 0) is 0 Å². The van der Waals surface area contributed by atoms with Crippen molar-refractivity contribution in [3.63, 3.8) is 0 Å². The van der Waals surface area contributed by atoms with E-state index in [1.165, 1.54) is 0 Å². The zero-order valence-corrected chi connectivity index (χ0v) is 13.7. The molecule has 0 unspecified atom stereocenters. The van der Waals surface area contributed by atoms with Crippen molar-refractivity contribution in [2.75, 3.05) is 20.2 Å². The van der Waals surface area contributed by atoms with Crippen molar-refractivity contribution in [1.29, 1.82) is 0 Å². The molecule has 2 aromatic carbocycles. The van der Waals surface area contributed by atoms with Crippen molar-refractivity contribution in [3.8, 4) is 11.5 Å². The predicted octanol–water partition coefficient (Wildman–Crippen LogP) is 3.04. The van der Waals surface area contributed by atoms with Gasteiger partial charge in [-0.25, -0.2) is 0 Å². The van der Waals surface area contributed by atoms with Crippen LogP contribution in [0.3, 0.4) is 0 Å². The number of ether oxygens (including phenoxy) is 2. The van der Waals surface area contributed by atoms with Gasteiger partial charge in [0.15, 0.2) is 5.78 Å². The van der Waals surface area contributed by atoms with E-state index in [-0.39, 0.29) is 11.9 Å². The quantitative estimate of drug-likeness (QED) is 0.831. The molecule has 1 heterocycles. The summed E-state index contributed by atoms with van der Waals surface area (Å²) in [5, 5.41) is 3.15. The molecule has 2 aromatic rings. The largest absolute Gasteiger partial charge is 0.497 e. The molecule has 22 heavy (non-hydrogen) atoms. The van der Waals surface area contributed by atoms with Gasteiger partial charge < -0.3 is 14.8 Å². The van der Waals surface area contributed by atoms with Crippen LogP contribution in [-0.4, -0.2) is 32.1 Å². The first-order chi connectivity index (χ1) is 10.7. The first-order valence-corrected chi connectivity index (χ1v) is 7.82. The number of benzene rings is 2. The van der Waals surface area contributed by atoms with Crippen LogP contribution in [0.25, 0.3) is 0 Å². The first-order valence-electron chi connectivity index (χ1n) is 7.03. The first kappa shape index (κ1) is 15.1. The van der Waals surface area contributed by atoms with Gasteiger partial charge in [-0.15, -0.1) is 0 Å². The van der Waals surface area contributed by atoms with Gasteiger partial charge in [-0.05, 0) is 42.5 Å². The van der Waals surface area contributed by atoms with Gasteiger partial charge in [0.2, 0.25) is 0 Å². The minimum absolute atomic E-state index is 0.0579. The molecule has 0 aromatic heterocycles. The van der Waals surface area contributed by atoms with Crippen LogP contribution in [0.2, 0.25) is 0 Å². The number of hydrogen-bond donors (Lipinski definition) is 1. The summed E-state index contributed by atoms with van der Waals surface area (Å²) in [7, 11) is 1.60. The van der Waals surface area contributed by atoms with E-state index in [0.29, 0.717) is 16.9 Å². The molecule has 1 saturated heterocycles. The third kappa shape index (κ3) is 3.15. The number of nitrogens with one attached hydrogen (secondary N) is 1. The fraction of sp³-hybridized carbons (Fsp3) is 0.235. The summed E-state index contributed by atoms with van der Waals surface area (Å²) in [4.78, 5) is 12.7. The van der Waals surface area contributed by atoms with E-state index in [0.717, 1.165) is 23.3 Å². The Labute approximate surface area is 137 Å². The molecule has 0 radical (unpaired) electrons. The second kappa shape index (κ2) is 6.50. The van der Waals surface area contributed by atoms with Crippen LogP contribution >= 0.6 is 15.9 Å². The van der Waals surface area contributed by atoms with E-state index < -0.39 is 0 Å². The number of methoxy groups -OCH3 is 1. The average molecular weight is 362 g/mol. The Kier molecular flexibility index (Phi) is 4.45. The lowest BCUT2D eigenvalue weighted by Crippen LogP contribution is -2.50. The minimum Gasteiger partial charge on any atom is -0.497 e. The molecule has 5 heteroatoms. The lowest BCUT2D eigenvalue weighted by molar-refractivity contribution is 0.102. The molecule has 1 fully saturated rings. The van der Waals surface area contributed by atoms with Crippen LogP contribution in [0.15, 0.2) is 46.9 Å². The van der Waals surface area contributed by atoms with Gasteiger partial charge in [0.05, 0.1) is 12.7 Å². The Morgan fingerprint density at radius 2 is 1.91 bits per heavy atom. The van der Waals surface area contributed by atoms with Crippen LogP contribution in [0.5, 0.6) is 11.5 Å². The zero-order chi connectivity index (χ0) is 15.5. The highest BCUT2D eigenvalue weighted by atomic mass is 79.9. The molecule has 4 nitrogen and oxygen atoms in total. The van der Waals surface area contributed by atoms with E-state index in [1.54, 1.807) is 37.4 Å². The Morgan fingerprint density at radius 1 is 1.18 bits per heavy atom. The van der Waals surface area contributed by atoms with Crippen molar-refractivity contribution in [3.05, 3.63) is 58.1 Å². The van der Waals surface area contributed by atoms with Crippen LogP contribution in [0.4, 0.5) is 0 Å². The standard InChI is InChI=1S/C17H16BrNO3/c1-21-13-5-2-11(3-6-13)17(20)15-7-4-12(18)8-16(15)22-14-9-19-10-14/h2-8,14,19H,9-10H2,1H3. The maximum absolute atomic E-state index is 12.7. The molecule has 0 saturated carbocycles. The molecular formula is C17H16BrNO3. The van der Waals surface area contributed by atoms with E-state index >= 15 is 0 Å². The highest BCUT2D eigenvalue weighted by Crippen LogP contribution is 2.28. The van der Waals surface area contributed by atoms with Gasteiger partial charge >= 0.3 is 0 Å². The Bertz CT molecular complexity index is 681. The highest BCUT2D eigenvalue weighted by molar-refractivity contribution is 9.10. The lowest BCUT2D eigenvalue weighted by Gasteiger charge is -2.28. The maximum Gasteiger partial charge on any atom is 0.196 e. The number of ketones is 1. The number of carbonyl (C=O) groups excluding carboxylic acids is 1. The molecule has 0 bridgehead atoms. The van der Waals surface area contributed by atoms with E-state index in [2.05, 4.69) is 21.2 Å². The number of rotatable bonds is 5. The van der Waals surface area contributed by atoms with Gasteiger partial charge in [0.25, 0.3) is 0 Å². The number of halogens is 1. The van der Waals surface area contributed by atoms with Crippen molar-refractivity contribution in [2.24, 2.45) is 0 Å². The molecule has 0 spiro atoms. The van der Waals surface area contributed by atoms with E-state index in [4.69, 9.17) is 9.47 Å². The highest BCUT2D eigenvalue weighted by Gasteiger charge is 2.22. The topological polar surface area (TPSA) is 47.6 Å². The second-order valence-electron chi connectivity index (χ2n) is 5.10. The average Bonchev–Trinajstić information content (AvgIpc) is 2.50. The van der Waals surface area contributed by atoms with Crippen molar-refractivity contribution < 1.29 is 14.3 Å². The molecule has 1 N–H and O–H groups in total. The molecule has 0 amide bonds. The number of carbonyl (C=O) groups is 1. The molecule has 114 valence electrons. The Morgan fingerprint density at radius 3 is 2.50 bits per heavy atom. The SMILES string of the molecule is COc1ccc(C(=O)c2ccc(Br)cc2OC2CNC2)cc1. The van der Waals surface area contributed by atoms with E-state index in [1.807, 2.05) is 12.1 Å². The lowest BCUT2D eigenvalue weighted by atomic mass is 10.0. The molecule has 1 aliphatic heterocycles. The summed E-state index contributed by atoms with van der Waals surface area (Å²) in [5.74, 6) is 1.28. The van der Waals surface area contributed by atoms with Gasteiger partial charge in [-0.3, -0.25) is 4.79 Å². The van der Waals surface area contributed by atoms with E-state index in [9.17, 15) is 4.79 Å². The Hall–Kier alpha value is -1.85. The van der Waals surface area contributed by atoms with Gasteiger partial charge in [-0.2, -0.15) is 0 Å². The van der Waals surface area contributed by atoms with Crippen LogP contribution in [0.1, 0.15) is 15.9 Å². The third-order valence-electron chi connectivity index (χ3n) is 3.58. The fourth-order valence-electron chi connectivity index (χ4n) is 2.20. The van der Waals surface area contributed by atoms with Crippen molar-refractivity contribution in [1.82, 2.24) is 5.32 Å². The summed E-state index contributed by atoms with van der Waals surface area (Å²) < 4.78 is 11.9. The van der Waals surface area contributed by atoms with Crippen LogP contribution in [0, 0.1) is 0 Å². The van der Waals surface area contributed by atoms with Crippen molar-refractivity contribution >= 4 is 21.7 Å². The summed E-state index contributed by atoms with van der Waals surface area (Å²) >= 11 is 3.43. The van der Waals surface area contributed by atoms with Gasteiger partial charge in [0, 0.05) is 23.1 Å². The molecular weight excluding hydrogens is 346 g/mol.